The van der Waals surface area contributed by atoms with Crippen LogP contribution in [0, 0.1) is 6.92 Å². The van der Waals surface area contributed by atoms with E-state index in [-0.39, 0.29) is 17.2 Å². The standard InChI is InChI=1S/C21H20N2O6/c1-13-4-6-14(7-5-13)17-11-20(29-23-17)22-19(24)12-28-21(25)16-9-8-15(26-2)10-18(16)27-3/h4-11H,12H2,1-3H3,(H,22,24). The maximum absolute atomic E-state index is 12.2. The summed E-state index contributed by atoms with van der Waals surface area (Å²) in [6, 6.07) is 14.0. The number of methoxy groups -OCH3 is 2. The number of anilines is 1. The summed E-state index contributed by atoms with van der Waals surface area (Å²) in [5.41, 5.74) is 2.75. The van der Waals surface area contributed by atoms with Gasteiger partial charge in [-0.1, -0.05) is 35.0 Å². The third-order valence-corrected chi connectivity index (χ3v) is 4.08. The summed E-state index contributed by atoms with van der Waals surface area (Å²) in [4.78, 5) is 24.3. The number of rotatable bonds is 7. The number of esters is 1. The van der Waals surface area contributed by atoms with E-state index in [0.717, 1.165) is 11.1 Å². The zero-order chi connectivity index (χ0) is 20.8. The van der Waals surface area contributed by atoms with Crippen LogP contribution in [0.3, 0.4) is 0 Å². The van der Waals surface area contributed by atoms with Crippen LogP contribution in [-0.4, -0.2) is 37.9 Å². The second-order valence-corrected chi connectivity index (χ2v) is 6.13. The highest BCUT2D eigenvalue weighted by Gasteiger charge is 2.17. The molecule has 8 nitrogen and oxygen atoms in total. The Labute approximate surface area is 167 Å². The molecule has 3 rings (SSSR count). The molecule has 1 amide bonds. The van der Waals surface area contributed by atoms with Gasteiger partial charge in [-0.15, -0.1) is 0 Å². The first-order valence-electron chi connectivity index (χ1n) is 8.73. The average Bonchev–Trinajstić information content (AvgIpc) is 3.20. The predicted molar refractivity (Wildman–Crippen MR) is 105 cm³/mol. The molecule has 0 saturated heterocycles. The monoisotopic (exact) mass is 396 g/mol. The van der Waals surface area contributed by atoms with Gasteiger partial charge in [-0.05, 0) is 19.1 Å². The fourth-order valence-corrected chi connectivity index (χ4v) is 2.54. The Kier molecular flexibility index (Phi) is 6.13. The Morgan fingerprint density at radius 3 is 2.48 bits per heavy atom. The van der Waals surface area contributed by atoms with Crippen molar-refractivity contribution in [3.8, 4) is 22.8 Å². The molecule has 0 spiro atoms. The summed E-state index contributed by atoms with van der Waals surface area (Å²) in [5, 5.41) is 6.43. The van der Waals surface area contributed by atoms with Gasteiger partial charge in [-0.3, -0.25) is 10.1 Å². The Bertz CT molecular complexity index is 1010. The number of benzene rings is 2. The van der Waals surface area contributed by atoms with Crippen molar-refractivity contribution in [1.82, 2.24) is 5.16 Å². The van der Waals surface area contributed by atoms with Gasteiger partial charge in [0.15, 0.2) is 6.61 Å². The normalized spacial score (nSPS) is 10.3. The lowest BCUT2D eigenvalue weighted by Crippen LogP contribution is -2.21. The van der Waals surface area contributed by atoms with Crippen molar-refractivity contribution in [2.24, 2.45) is 0 Å². The minimum Gasteiger partial charge on any atom is -0.497 e. The van der Waals surface area contributed by atoms with Gasteiger partial charge in [-0.25, -0.2) is 4.79 Å². The molecule has 0 fully saturated rings. The van der Waals surface area contributed by atoms with Crippen LogP contribution in [0.2, 0.25) is 0 Å². The number of nitrogens with zero attached hydrogens (tertiary/aromatic N) is 1. The molecule has 0 aliphatic carbocycles. The van der Waals surface area contributed by atoms with E-state index < -0.39 is 18.5 Å². The highest BCUT2D eigenvalue weighted by molar-refractivity contribution is 5.96. The molecule has 0 aliphatic heterocycles. The molecule has 1 aromatic heterocycles. The lowest BCUT2D eigenvalue weighted by atomic mass is 10.1. The number of aryl methyl sites for hydroxylation is 1. The third kappa shape index (κ3) is 4.92. The van der Waals surface area contributed by atoms with Crippen molar-refractivity contribution in [2.75, 3.05) is 26.1 Å². The summed E-state index contributed by atoms with van der Waals surface area (Å²) in [6.07, 6.45) is 0. The molecular weight excluding hydrogens is 376 g/mol. The van der Waals surface area contributed by atoms with Gasteiger partial charge >= 0.3 is 5.97 Å². The lowest BCUT2D eigenvalue weighted by Gasteiger charge is -2.10. The Morgan fingerprint density at radius 2 is 1.79 bits per heavy atom. The SMILES string of the molecule is COc1ccc(C(=O)OCC(=O)Nc2cc(-c3ccc(C)cc3)no2)c(OC)c1. The molecule has 29 heavy (non-hydrogen) atoms. The van der Waals surface area contributed by atoms with Crippen molar-refractivity contribution < 1.29 is 28.3 Å². The summed E-state index contributed by atoms with van der Waals surface area (Å²) >= 11 is 0. The minimum atomic E-state index is -0.697. The molecule has 8 heteroatoms. The van der Waals surface area contributed by atoms with Gasteiger partial charge in [0.05, 0.1) is 14.2 Å². The quantitative estimate of drug-likeness (QED) is 0.611. The molecule has 1 N–H and O–H groups in total. The van der Waals surface area contributed by atoms with Gasteiger partial charge < -0.3 is 18.7 Å². The van der Waals surface area contributed by atoms with Gasteiger partial charge in [0.1, 0.15) is 22.8 Å². The smallest absolute Gasteiger partial charge is 0.342 e. The fraction of sp³-hybridized carbons (Fsp3) is 0.190. The predicted octanol–water partition coefficient (Wildman–Crippen LogP) is 3.46. The summed E-state index contributed by atoms with van der Waals surface area (Å²) < 4.78 is 20.4. The van der Waals surface area contributed by atoms with Gasteiger partial charge in [0.2, 0.25) is 5.88 Å². The molecule has 2 aromatic carbocycles. The highest BCUT2D eigenvalue weighted by Crippen LogP contribution is 2.25. The van der Waals surface area contributed by atoms with Gasteiger partial charge in [0.25, 0.3) is 5.91 Å². The number of nitrogens with one attached hydrogen (secondary N) is 1. The molecule has 0 unspecified atom stereocenters. The van der Waals surface area contributed by atoms with Crippen molar-refractivity contribution in [3.05, 3.63) is 59.7 Å². The van der Waals surface area contributed by atoms with E-state index in [1.807, 2.05) is 31.2 Å². The van der Waals surface area contributed by atoms with E-state index in [0.29, 0.717) is 11.4 Å². The molecule has 0 bridgehead atoms. The second kappa shape index (κ2) is 8.92. The topological polar surface area (TPSA) is 99.9 Å². The summed E-state index contributed by atoms with van der Waals surface area (Å²) in [6.45, 7) is 1.50. The zero-order valence-electron chi connectivity index (χ0n) is 16.2. The molecule has 0 atom stereocenters. The Balaban J connectivity index is 1.58. The van der Waals surface area contributed by atoms with Crippen molar-refractivity contribution in [1.29, 1.82) is 0 Å². The van der Waals surface area contributed by atoms with E-state index in [4.69, 9.17) is 18.7 Å². The van der Waals surface area contributed by atoms with Crippen LogP contribution in [0.1, 0.15) is 15.9 Å². The van der Waals surface area contributed by atoms with Gasteiger partial charge in [-0.2, -0.15) is 0 Å². The first-order valence-corrected chi connectivity index (χ1v) is 8.73. The maximum Gasteiger partial charge on any atom is 0.342 e. The van der Waals surface area contributed by atoms with E-state index in [1.165, 1.54) is 20.3 Å². The second-order valence-electron chi connectivity index (χ2n) is 6.13. The number of ether oxygens (including phenoxy) is 3. The van der Waals surface area contributed by atoms with Crippen LogP contribution < -0.4 is 14.8 Å². The Hall–Kier alpha value is -3.81. The van der Waals surface area contributed by atoms with E-state index in [9.17, 15) is 9.59 Å². The van der Waals surface area contributed by atoms with Crippen LogP contribution >= 0.6 is 0 Å². The largest absolute Gasteiger partial charge is 0.497 e. The fourth-order valence-electron chi connectivity index (χ4n) is 2.54. The molecule has 1 heterocycles. The highest BCUT2D eigenvalue weighted by atomic mass is 16.5. The first kappa shape index (κ1) is 19.9. The lowest BCUT2D eigenvalue weighted by molar-refractivity contribution is -0.119. The van der Waals surface area contributed by atoms with E-state index >= 15 is 0 Å². The van der Waals surface area contributed by atoms with Gasteiger partial charge in [0, 0.05) is 17.7 Å². The number of hydrogen-bond acceptors (Lipinski definition) is 7. The summed E-state index contributed by atoms with van der Waals surface area (Å²) in [5.74, 6) is -0.280. The van der Waals surface area contributed by atoms with Crippen LogP contribution in [-0.2, 0) is 9.53 Å². The number of aromatic nitrogens is 1. The van der Waals surface area contributed by atoms with Crippen LogP contribution in [0.25, 0.3) is 11.3 Å². The van der Waals surface area contributed by atoms with Crippen molar-refractivity contribution in [3.63, 3.8) is 0 Å². The van der Waals surface area contributed by atoms with Crippen LogP contribution in [0.5, 0.6) is 11.5 Å². The molecule has 150 valence electrons. The number of hydrogen-bond donors (Lipinski definition) is 1. The molecule has 3 aromatic rings. The van der Waals surface area contributed by atoms with Crippen LogP contribution in [0.4, 0.5) is 5.88 Å². The van der Waals surface area contributed by atoms with Crippen LogP contribution in [0.15, 0.2) is 53.1 Å². The van der Waals surface area contributed by atoms with Crippen molar-refractivity contribution in [2.45, 2.75) is 6.92 Å². The maximum atomic E-state index is 12.2. The molecule has 0 saturated carbocycles. The van der Waals surface area contributed by atoms with E-state index in [2.05, 4.69) is 10.5 Å². The number of carbonyl (C=O) groups is 2. The number of carbonyl (C=O) groups excluding carboxylic acids is 2. The Morgan fingerprint density at radius 1 is 1.03 bits per heavy atom. The first-order chi connectivity index (χ1) is 14.0. The molecular formula is C21H20N2O6. The summed E-state index contributed by atoms with van der Waals surface area (Å²) in [7, 11) is 2.93. The molecule has 0 aliphatic rings. The minimum absolute atomic E-state index is 0.156. The zero-order valence-corrected chi connectivity index (χ0v) is 16.2. The average molecular weight is 396 g/mol. The van der Waals surface area contributed by atoms with E-state index in [1.54, 1.807) is 18.2 Å². The molecule has 0 radical (unpaired) electrons. The van der Waals surface area contributed by atoms with Crippen molar-refractivity contribution >= 4 is 17.8 Å². The number of amides is 1. The third-order valence-electron chi connectivity index (χ3n) is 4.08.